The minimum absolute atomic E-state index is 0.0499. The minimum Gasteiger partial charge on any atom is -0.462 e. The van der Waals surface area contributed by atoms with Gasteiger partial charge in [-0.1, -0.05) is 242 Å². The SMILES string of the molecule is CCCCC/C=C\C/C=C\C/C=C\CCCCC(CC(=O)NC(CO)C(O)CCCCCCCCCCCCCCCC)OC(=O)CCCCCCCCCCC/C=C\C/C=C\CCCCC. The number of allylic oxidation sites excluding steroid dienone is 10. The molecule has 1 amide bonds. The predicted octanol–water partition coefficient (Wildman–Crippen LogP) is 18.0. The Morgan fingerprint density at radius 3 is 1.19 bits per heavy atom. The molecule has 6 heteroatoms. The molecule has 0 aliphatic carbocycles. The van der Waals surface area contributed by atoms with Gasteiger partial charge in [0.2, 0.25) is 5.91 Å². The first-order valence-corrected chi connectivity index (χ1v) is 29.0. The molecule has 0 aliphatic heterocycles. The lowest BCUT2D eigenvalue weighted by molar-refractivity contribution is -0.151. The van der Waals surface area contributed by atoms with Gasteiger partial charge in [-0.25, -0.2) is 0 Å². The van der Waals surface area contributed by atoms with E-state index in [-0.39, 0.29) is 24.9 Å². The van der Waals surface area contributed by atoms with Crippen LogP contribution in [-0.4, -0.2) is 46.9 Å². The fraction of sp³-hybridized carbons (Fsp3) is 0.803. The maximum absolute atomic E-state index is 13.3. The molecule has 3 N–H and O–H groups in total. The molecular weight excluding hydrogens is 827 g/mol. The lowest BCUT2D eigenvalue weighted by Gasteiger charge is -2.24. The van der Waals surface area contributed by atoms with Crippen LogP contribution in [0, 0.1) is 0 Å². The van der Waals surface area contributed by atoms with Crippen molar-refractivity contribution in [3.05, 3.63) is 60.8 Å². The van der Waals surface area contributed by atoms with E-state index in [1.165, 1.54) is 167 Å². The Balaban J connectivity index is 4.60. The van der Waals surface area contributed by atoms with Crippen LogP contribution in [0.2, 0.25) is 0 Å². The molecule has 0 saturated heterocycles. The Hall–Kier alpha value is -2.44. The maximum Gasteiger partial charge on any atom is 0.306 e. The van der Waals surface area contributed by atoms with Gasteiger partial charge in [-0.2, -0.15) is 0 Å². The van der Waals surface area contributed by atoms with Crippen molar-refractivity contribution in [1.82, 2.24) is 5.32 Å². The number of unbranched alkanes of at least 4 members (excludes halogenated alkanes) is 30. The fourth-order valence-electron chi connectivity index (χ4n) is 8.64. The number of carbonyl (C=O) groups excluding carboxylic acids is 2. The van der Waals surface area contributed by atoms with E-state index in [1.54, 1.807) is 0 Å². The molecule has 3 unspecified atom stereocenters. The van der Waals surface area contributed by atoms with Crippen LogP contribution < -0.4 is 5.32 Å². The summed E-state index contributed by atoms with van der Waals surface area (Å²) in [6.07, 6.45) is 68.5. The highest BCUT2D eigenvalue weighted by Crippen LogP contribution is 2.18. The van der Waals surface area contributed by atoms with Crippen molar-refractivity contribution in [3.8, 4) is 0 Å². The van der Waals surface area contributed by atoms with Crippen molar-refractivity contribution in [2.45, 2.75) is 309 Å². The summed E-state index contributed by atoms with van der Waals surface area (Å²) in [5.74, 6) is -0.509. The molecule has 0 aliphatic rings. The number of amides is 1. The first-order valence-electron chi connectivity index (χ1n) is 29.0. The Bertz CT molecular complexity index is 1190. The van der Waals surface area contributed by atoms with Crippen LogP contribution in [0.25, 0.3) is 0 Å². The van der Waals surface area contributed by atoms with Gasteiger partial charge in [-0.05, 0) is 96.3 Å². The largest absolute Gasteiger partial charge is 0.462 e. The molecule has 390 valence electrons. The normalized spacial score (nSPS) is 13.6. The molecule has 0 heterocycles. The van der Waals surface area contributed by atoms with Crippen LogP contribution in [0.4, 0.5) is 0 Å². The quantitative estimate of drug-likeness (QED) is 0.0321. The van der Waals surface area contributed by atoms with E-state index in [1.807, 2.05) is 0 Å². The third-order valence-corrected chi connectivity index (χ3v) is 13.1. The Labute approximate surface area is 416 Å². The summed E-state index contributed by atoms with van der Waals surface area (Å²) < 4.78 is 5.94. The third-order valence-electron chi connectivity index (χ3n) is 13.1. The molecular formula is C61H111NO5. The molecule has 0 aromatic heterocycles. The predicted molar refractivity (Wildman–Crippen MR) is 292 cm³/mol. The first kappa shape index (κ1) is 64.6. The van der Waals surface area contributed by atoms with E-state index in [2.05, 4.69) is 86.8 Å². The van der Waals surface area contributed by atoms with Crippen molar-refractivity contribution in [2.75, 3.05) is 6.61 Å². The summed E-state index contributed by atoms with van der Waals surface area (Å²) in [6.45, 7) is 6.44. The highest BCUT2D eigenvalue weighted by Gasteiger charge is 2.24. The Morgan fingerprint density at radius 1 is 0.433 bits per heavy atom. The summed E-state index contributed by atoms with van der Waals surface area (Å²) in [4.78, 5) is 26.3. The van der Waals surface area contributed by atoms with E-state index < -0.39 is 18.2 Å². The Kier molecular flexibility index (Phi) is 52.5. The van der Waals surface area contributed by atoms with Gasteiger partial charge in [-0.15, -0.1) is 0 Å². The molecule has 67 heavy (non-hydrogen) atoms. The van der Waals surface area contributed by atoms with Gasteiger partial charge >= 0.3 is 5.97 Å². The van der Waals surface area contributed by atoms with Crippen molar-refractivity contribution in [2.24, 2.45) is 0 Å². The molecule has 0 fully saturated rings. The van der Waals surface area contributed by atoms with Gasteiger partial charge in [0.1, 0.15) is 6.10 Å². The van der Waals surface area contributed by atoms with Gasteiger partial charge in [0.25, 0.3) is 0 Å². The number of rotatable bonds is 52. The molecule has 0 aromatic carbocycles. The zero-order valence-corrected chi connectivity index (χ0v) is 44.5. The van der Waals surface area contributed by atoms with E-state index in [4.69, 9.17) is 4.74 Å². The summed E-state index contributed by atoms with van der Waals surface area (Å²) in [5.41, 5.74) is 0. The minimum atomic E-state index is -0.800. The number of ether oxygens (including phenoxy) is 1. The van der Waals surface area contributed by atoms with Gasteiger partial charge < -0.3 is 20.3 Å². The van der Waals surface area contributed by atoms with Gasteiger partial charge in [0.15, 0.2) is 0 Å². The van der Waals surface area contributed by atoms with E-state index in [0.717, 1.165) is 77.0 Å². The number of aliphatic hydroxyl groups is 2. The van der Waals surface area contributed by atoms with Gasteiger partial charge in [0.05, 0.1) is 25.2 Å². The topological polar surface area (TPSA) is 95.9 Å². The molecule has 6 nitrogen and oxygen atoms in total. The van der Waals surface area contributed by atoms with E-state index in [9.17, 15) is 19.8 Å². The fourth-order valence-corrected chi connectivity index (χ4v) is 8.64. The van der Waals surface area contributed by atoms with E-state index >= 15 is 0 Å². The van der Waals surface area contributed by atoms with Crippen LogP contribution in [0.15, 0.2) is 60.8 Å². The van der Waals surface area contributed by atoms with E-state index in [0.29, 0.717) is 19.3 Å². The monoisotopic (exact) mass is 938 g/mol. The zero-order chi connectivity index (χ0) is 48.8. The van der Waals surface area contributed by atoms with Crippen molar-refractivity contribution < 1.29 is 24.5 Å². The second-order valence-electron chi connectivity index (χ2n) is 19.7. The van der Waals surface area contributed by atoms with Gasteiger partial charge in [0, 0.05) is 6.42 Å². The van der Waals surface area contributed by atoms with Crippen LogP contribution in [0.5, 0.6) is 0 Å². The number of hydrogen-bond acceptors (Lipinski definition) is 5. The number of aliphatic hydroxyl groups excluding tert-OH is 2. The molecule has 0 aromatic rings. The first-order chi connectivity index (χ1) is 33.0. The third kappa shape index (κ3) is 49.8. The van der Waals surface area contributed by atoms with Gasteiger partial charge in [-0.3, -0.25) is 9.59 Å². The molecule has 0 bridgehead atoms. The summed E-state index contributed by atoms with van der Waals surface area (Å²) in [7, 11) is 0. The number of hydrogen-bond donors (Lipinski definition) is 3. The second-order valence-corrected chi connectivity index (χ2v) is 19.7. The smallest absolute Gasteiger partial charge is 0.306 e. The van der Waals surface area contributed by atoms with Crippen molar-refractivity contribution >= 4 is 11.9 Å². The van der Waals surface area contributed by atoms with Crippen LogP contribution in [0.3, 0.4) is 0 Å². The number of nitrogens with one attached hydrogen (secondary N) is 1. The van der Waals surface area contributed by atoms with Crippen LogP contribution >= 0.6 is 0 Å². The van der Waals surface area contributed by atoms with Crippen LogP contribution in [0.1, 0.15) is 290 Å². The summed E-state index contributed by atoms with van der Waals surface area (Å²) in [5, 5.41) is 23.9. The van der Waals surface area contributed by atoms with Crippen LogP contribution in [-0.2, 0) is 14.3 Å². The summed E-state index contributed by atoms with van der Waals surface area (Å²) >= 11 is 0. The lowest BCUT2D eigenvalue weighted by atomic mass is 10.0. The number of esters is 1. The second kappa shape index (κ2) is 54.5. The molecule has 0 saturated carbocycles. The van der Waals surface area contributed by atoms with Crippen molar-refractivity contribution in [1.29, 1.82) is 0 Å². The molecule has 3 atom stereocenters. The Morgan fingerprint density at radius 2 is 0.761 bits per heavy atom. The highest BCUT2D eigenvalue weighted by atomic mass is 16.5. The average molecular weight is 939 g/mol. The number of carbonyl (C=O) groups is 2. The zero-order valence-electron chi connectivity index (χ0n) is 44.5. The maximum atomic E-state index is 13.3. The highest BCUT2D eigenvalue weighted by molar-refractivity contribution is 5.77. The molecule has 0 rings (SSSR count). The average Bonchev–Trinajstić information content (AvgIpc) is 3.32. The molecule has 0 radical (unpaired) electrons. The standard InChI is InChI=1S/C61H111NO5/c1-4-7-10-13-16-19-22-25-28-29-30-31-33-36-39-42-45-48-51-54-61(66)67-57(52-49-46-43-40-37-34-32-26-23-20-17-14-11-8-5-2)55-60(65)62-58(56-63)59(64)53-50-47-44-41-38-35-27-24-21-18-15-12-9-6-3/h16-17,19-20,25-26,28,32,37,40,57-59,63-64H,4-15,18,21-24,27,29-31,33-36,38-39,41-56H2,1-3H3,(H,62,65)/b19-16-,20-17-,28-25-,32-26-,40-37-. The molecule has 0 spiro atoms. The summed E-state index contributed by atoms with van der Waals surface area (Å²) in [6, 6.07) is -0.716. The van der Waals surface area contributed by atoms with Crippen molar-refractivity contribution in [3.63, 3.8) is 0 Å². The lowest BCUT2D eigenvalue weighted by Crippen LogP contribution is -2.46.